The van der Waals surface area contributed by atoms with E-state index in [1.54, 1.807) is 6.08 Å². The largest absolute Gasteiger partial charge is 1.00 e. The summed E-state index contributed by atoms with van der Waals surface area (Å²) in [6, 6.07) is 31.6. The molecule has 0 amide bonds. The van der Waals surface area contributed by atoms with Gasteiger partial charge >= 0.3 is 18.9 Å². The van der Waals surface area contributed by atoms with Crippen molar-refractivity contribution >= 4 is 0 Å². The van der Waals surface area contributed by atoms with Crippen LogP contribution >= 0.6 is 0 Å². The molecule has 30 heavy (non-hydrogen) atoms. The maximum atomic E-state index is 7.14. The van der Waals surface area contributed by atoms with Crippen LogP contribution in [0.3, 0.4) is 0 Å². The maximum Gasteiger partial charge on any atom is 1.00 e. The van der Waals surface area contributed by atoms with Gasteiger partial charge in [-0.25, -0.2) is 0 Å². The van der Waals surface area contributed by atoms with Crippen LogP contribution in [0.2, 0.25) is 0 Å². The van der Waals surface area contributed by atoms with E-state index in [2.05, 4.69) is 105 Å². The summed E-state index contributed by atoms with van der Waals surface area (Å²) in [5.41, 5.74) is 2.69. The van der Waals surface area contributed by atoms with Crippen molar-refractivity contribution in [2.24, 2.45) is 5.92 Å². The van der Waals surface area contributed by atoms with Gasteiger partial charge in [-0.15, -0.1) is 0 Å². The van der Waals surface area contributed by atoms with Crippen molar-refractivity contribution < 1.29 is 23.6 Å². The van der Waals surface area contributed by atoms with Gasteiger partial charge in [-0.2, -0.15) is 0 Å². The maximum absolute atomic E-state index is 7.14. The molecule has 0 radical (unpaired) electrons. The zero-order valence-corrected chi connectivity index (χ0v) is 18.5. The first kappa shape index (κ1) is 24.2. The molecule has 0 bridgehead atoms. The van der Waals surface area contributed by atoms with E-state index in [0.717, 1.165) is 36.0 Å². The molecule has 0 spiro atoms. The number of rotatable bonds is 10. The summed E-state index contributed by atoms with van der Waals surface area (Å²) in [5, 5.41) is 0. The fourth-order valence-electron chi connectivity index (χ4n) is 4.12. The summed E-state index contributed by atoms with van der Waals surface area (Å²) >= 11 is 0. The van der Waals surface area contributed by atoms with Crippen LogP contribution in [0, 0.1) is 12.5 Å². The summed E-state index contributed by atoms with van der Waals surface area (Å²) in [6.07, 6.45) is 4.70. The Morgan fingerprint density at radius 2 is 1.20 bits per heavy atom. The van der Waals surface area contributed by atoms with Crippen molar-refractivity contribution in [1.82, 2.24) is 0 Å². The summed E-state index contributed by atoms with van der Waals surface area (Å²) < 4.78 is 7.14. The van der Waals surface area contributed by atoms with Gasteiger partial charge in [-0.1, -0.05) is 111 Å². The Bertz CT molecular complexity index is 764. The van der Waals surface area contributed by atoms with Gasteiger partial charge in [0.05, 0.1) is 6.10 Å². The molecule has 3 aromatic rings. The summed E-state index contributed by atoms with van der Waals surface area (Å²) in [6.45, 7) is 10.4. The zero-order valence-electron chi connectivity index (χ0n) is 18.5. The first-order chi connectivity index (χ1) is 14.2. The third kappa shape index (κ3) is 5.35. The molecule has 0 aliphatic rings. The van der Waals surface area contributed by atoms with E-state index in [1.807, 2.05) is 0 Å². The molecule has 0 saturated carbocycles. The number of benzene rings is 3. The number of ether oxygens (including phenoxy) is 1. The molecule has 3 aromatic carbocycles. The monoisotopic (exact) mass is 390 g/mol. The quantitative estimate of drug-likeness (QED) is 0.287. The molecule has 0 heterocycles. The van der Waals surface area contributed by atoms with Crippen molar-refractivity contribution in [3.63, 3.8) is 0 Å². The second-order valence-electron chi connectivity index (χ2n) is 7.67. The second-order valence-corrected chi connectivity index (χ2v) is 7.67. The zero-order chi connectivity index (χ0) is 20.5. The van der Waals surface area contributed by atoms with E-state index in [0.29, 0.717) is 5.92 Å². The molecule has 3 rings (SSSR count). The minimum Gasteiger partial charge on any atom is -0.518 e. The van der Waals surface area contributed by atoms with Crippen LogP contribution in [0.15, 0.2) is 97.1 Å². The van der Waals surface area contributed by atoms with Crippen molar-refractivity contribution in [3.8, 4) is 0 Å². The van der Waals surface area contributed by atoms with Crippen LogP contribution < -0.4 is 18.9 Å². The van der Waals surface area contributed by atoms with E-state index in [1.165, 1.54) is 0 Å². The van der Waals surface area contributed by atoms with E-state index in [9.17, 15) is 0 Å². The van der Waals surface area contributed by atoms with Gasteiger partial charge in [-0.3, -0.25) is 6.08 Å². The Labute approximate surface area is 194 Å². The Balaban J connectivity index is 0.00000320. The first-order valence-electron chi connectivity index (χ1n) is 10.6. The van der Waals surface area contributed by atoms with Crippen LogP contribution in [0.4, 0.5) is 0 Å². The summed E-state index contributed by atoms with van der Waals surface area (Å²) in [4.78, 5) is 0. The average molecular weight is 390 g/mol. The van der Waals surface area contributed by atoms with Gasteiger partial charge < -0.3 is 11.3 Å². The van der Waals surface area contributed by atoms with Crippen LogP contribution in [0.25, 0.3) is 0 Å². The molecule has 1 nitrogen and oxygen atoms in total. The molecule has 0 saturated heterocycles. The third-order valence-electron chi connectivity index (χ3n) is 5.62. The van der Waals surface area contributed by atoms with Crippen molar-refractivity contribution in [2.45, 2.75) is 44.8 Å². The molecule has 150 valence electrons. The van der Waals surface area contributed by atoms with Crippen molar-refractivity contribution in [1.29, 1.82) is 0 Å². The first-order valence-corrected chi connectivity index (χ1v) is 10.6. The van der Waals surface area contributed by atoms with E-state index >= 15 is 0 Å². The van der Waals surface area contributed by atoms with Crippen molar-refractivity contribution in [3.05, 3.63) is 120 Å². The van der Waals surface area contributed by atoms with Crippen LogP contribution in [-0.4, -0.2) is 6.10 Å². The van der Waals surface area contributed by atoms with E-state index in [-0.39, 0.29) is 25.0 Å². The van der Waals surface area contributed by atoms with E-state index in [4.69, 9.17) is 11.3 Å². The van der Waals surface area contributed by atoms with Gasteiger partial charge in [0.15, 0.2) is 0 Å². The van der Waals surface area contributed by atoms with Gasteiger partial charge in [0, 0.05) is 0 Å². The molecule has 2 unspecified atom stereocenters. The van der Waals surface area contributed by atoms with Gasteiger partial charge in [0.2, 0.25) is 0 Å². The molecule has 0 fully saturated rings. The molecule has 2 heteroatoms. The smallest absolute Gasteiger partial charge is 0.518 e. The normalized spacial score (nSPS) is 13.1. The Morgan fingerprint density at radius 1 is 0.800 bits per heavy atom. The molecule has 0 aliphatic carbocycles. The van der Waals surface area contributed by atoms with Crippen LogP contribution in [0.1, 0.15) is 49.8 Å². The molecule has 0 aliphatic heterocycles. The average Bonchev–Trinajstić information content (AvgIpc) is 2.79. The van der Waals surface area contributed by atoms with Gasteiger partial charge in [0.25, 0.3) is 0 Å². The van der Waals surface area contributed by atoms with E-state index < -0.39 is 5.60 Å². The standard InChI is InChI=1S/C28H31O.Li/c1-4-15-23(3)27(16-5-2)29-28(24-17-9-6-10-18-24,25-19-11-7-12-20-25)26-21-13-8-14-22-26;/h2,5-14,17-23,27H,4,15-16H2,1,3H3;/q-1;+1. The summed E-state index contributed by atoms with van der Waals surface area (Å²) in [5.74, 6) is 0.398. The molecule has 0 aromatic heterocycles. The third-order valence-corrected chi connectivity index (χ3v) is 5.62. The Kier molecular flexibility index (Phi) is 9.67. The van der Waals surface area contributed by atoms with Crippen molar-refractivity contribution in [2.75, 3.05) is 0 Å². The molecular weight excluding hydrogens is 359 g/mol. The van der Waals surface area contributed by atoms with Gasteiger partial charge in [-0.05, 0) is 35.4 Å². The topological polar surface area (TPSA) is 9.23 Å². The fraction of sp³-hybridized carbons (Fsp3) is 0.286. The molecule has 0 N–H and O–H groups in total. The fourth-order valence-corrected chi connectivity index (χ4v) is 4.12. The summed E-state index contributed by atoms with van der Waals surface area (Å²) in [7, 11) is 0. The number of hydrogen-bond donors (Lipinski definition) is 0. The molecular formula is C28H31LiO. The van der Waals surface area contributed by atoms with Crippen LogP contribution in [-0.2, 0) is 10.3 Å². The predicted molar refractivity (Wildman–Crippen MR) is 122 cm³/mol. The Morgan fingerprint density at radius 3 is 1.53 bits per heavy atom. The Hall–Kier alpha value is -2.04. The predicted octanol–water partition coefficient (Wildman–Crippen LogP) is 4.18. The SMILES string of the molecule is [CH-]=CCC(OC(c1ccccc1)(c1ccccc1)c1ccccc1)C(C)CCC.[Li+]. The molecule has 2 atom stereocenters. The minimum atomic E-state index is -0.695. The number of hydrogen-bond acceptors (Lipinski definition) is 1. The van der Waals surface area contributed by atoms with Gasteiger partial charge in [0.1, 0.15) is 5.60 Å². The second kappa shape index (κ2) is 12.0. The minimum absolute atomic E-state index is 0. The van der Waals surface area contributed by atoms with Crippen LogP contribution in [0.5, 0.6) is 0 Å².